The van der Waals surface area contributed by atoms with E-state index in [0.29, 0.717) is 37.4 Å². The lowest BCUT2D eigenvalue weighted by Gasteiger charge is -2.36. The molecule has 0 bridgehead atoms. The lowest BCUT2D eigenvalue weighted by molar-refractivity contribution is -0.384. The maximum atomic E-state index is 12.6. The average molecular weight is 483 g/mol. The first kappa shape index (κ1) is 23.2. The van der Waals surface area contributed by atoms with Crippen LogP contribution in [0.25, 0.3) is 0 Å². The second kappa shape index (κ2) is 10.4. The number of hydrogen-bond donors (Lipinski definition) is 1. The zero-order chi connectivity index (χ0) is 24.9. The van der Waals surface area contributed by atoms with Crippen molar-refractivity contribution in [2.75, 3.05) is 36.4 Å². The van der Waals surface area contributed by atoms with Crippen LogP contribution in [0.15, 0.2) is 102 Å². The summed E-state index contributed by atoms with van der Waals surface area (Å²) in [6.07, 6.45) is 2.95. The minimum atomic E-state index is -0.360. The van der Waals surface area contributed by atoms with Gasteiger partial charge in [-0.2, -0.15) is 0 Å². The summed E-state index contributed by atoms with van der Waals surface area (Å²) in [7, 11) is 0. The Balaban J connectivity index is 1.40. The van der Waals surface area contributed by atoms with Crippen molar-refractivity contribution >= 4 is 23.0 Å². The standard InChI is InChI=1S/C28H26N4O4/c33-28(23-13-18-36-20-23)31-16-14-30(15-17-31)24-11-12-26(32(34)35)25(19-24)29-27(21-7-3-1-4-8-21)22-9-5-2-6-10-22/h1-13,18-20,27,29H,14-17H2. The summed E-state index contributed by atoms with van der Waals surface area (Å²) >= 11 is 0. The summed E-state index contributed by atoms with van der Waals surface area (Å²) in [6.45, 7) is 2.37. The topological polar surface area (TPSA) is 91.9 Å². The fourth-order valence-electron chi connectivity index (χ4n) is 4.54. The maximum Gasteiger partial charge on any atom is 0.292 e. The van der Waals surface area contributed by atoms with Crippen LogP contribution in [-0.2, 0) is 0 Å². The number of rotatable bonds is 7. The quantitative estimate of drug-likeness (QED) is 0.282. The molecule has 1 saturated heterocycles. The van der Waals surface area contributed by atoms with Gasteiger partial charge in [-0.3, -0.25) is 14.9 Å². The zero-order valence-corrected chi connectivity index (χ0v) is 19.6. The Bertz CT molecular complexity index is 1280. The van der Waals surface area contributed by atoms with Crippen LogP contribution in [0.5, 0.6) is 0 Å². The molecule has 1 fully saturated rings. The van der Waals surface area contributed by atoms with Crippen molar-refractivity contribution in [1.29, 1.82) is 0 Å². The number of benzene rings is 3. The smallest absolute Gasteiger partial charge is 0.292 e. The van der Waals surface area contributed by atoms with E-state index in [0.717, 1.165) is 16.8 Å². The normalized spacial score (nSPS) is 13.6. The van der Waals surface area contributed by atoms with Crippen LogP contribution in [0, 0.1) is 10.1 Å². The molecule has 1 N–H and O–H groups in total. The molecule has 3 aromatic carbocycles. The first-order valence-corrected chi connectivity index (χ1v) is 11.8. The van der Waals surface area contributed by atoms with E-state index in [1.165, 1.54) is 12.5 Å². The molecule has 1 aliphatic rings. The molecule has 182 valence electrons. The molecule has 0 unspecified atom stereocenters. The molecule has 8 nitrogen and oxygen atoms in total. The monoisotopic (exact) mass is 482 g/mol. The van der Waals surface area contributed by atoms with Crippen LogP contribution in [-0.4, -0.2) is 41.9 Å². The van der Waals surface area contributed by atoms with E-state index in [-0.39, 0.29) is 22.6 Å². The van der Waals surface area contributed by atoms with Crippen molar-refractivity contribution in [3.8, 4) is 0 Å². The van der Waals surface area contributed by atoms with E-state index in [4.69, 9.17) is 4.42 Å². The van der Waals surface area contributed by atoms with Crippen molar-refractivity contribution in [2.24, 2.45) is 0 Å². The van der Waals surface area contributed by atoms with E-state index in [9.17, 15) is 14.9 Å². The molecule has 1 aromatic heterocycles. The van der Waals surface area contributed by atoms with E-state index in [1.54, 1.807) is 23.1 Å². The largest absolute Gasteiger partial charge is 0.472 e. The van der Waals surface area contributed by atoms with Crippen LogP contribution >= 0.6 is 0 Å². The molecule has 0 spiro atoms. The highest BCUT2D eigenvalue weighted by Gasteiger charge is 2.25. The van der Waals surface area contributed by atoms with Gasteiger partial charge in [0.25, 0.3) is 11.6 Å². The highest BCUT2D eigenvalue weighted by Crippen LogP contribution is 2.35. The number of carbonyl (C=O) groups excluding carboxylic acids is 1. The third-order valence-electron chi connectivity index (χ3n) is 6.44. The van der Waals surface area contributed by atoms with E-state index in [1.807, 2.05) is 66.7 Å². The van der Waals surface area contributed by atoms with Gasteiger partial charge in [0.2, 0.25) is 0 Å². The molecule has 0 radical (unpaired) electrons. The number of amides is 1. The van der Waals surface area contributed by atoms with Gasteiger partial charge < -0.3 is 19.5 Å². The maximum absolute atomic E-state index is 12.6. The Kier molecular flexibility index (Phi) is 6.66. The molecule has 0 saturated carbocycles. The third-order valence-corrected chi connectivity index (χ3v) is 6.44. The number of nitro benzene ring substituents is 1. The van der Waals surface area contributed by atoms with Crippen molar-refractivity contribution in [2.45, 2.75) is 6.04 Å². The lowest BCUT2D eigenvalue weighted by Crippen LogP contribution is -2.48. The predicted molar refractivity (Wildman–Crippen MR) is 138 cm³/mol. The lowest BCUT2D eigenvalue weighted by atomic mass is 9.98. The number of hydrogen-bond acceptors (Lipinski definition) is 6. The second-order valence-electron chi connectivity index (χ2n) is 8.65. The van der Waals surface area contributed by atoms with Crippen molar-refractivity contribution in [1.82, 2.24) is 4.90 Å². The Morgan fingerprint density at radius 3 is 2.08 bits per heavy atom. The predicted octanol–water partition coefficient (Wildman–Crippen LogP) is 5.35. The highest BCUT2D eigenvalue weighted by molar-refractivity contribution is 5.94. The first-order chi connectivity index (χ1) is 17.6. The Morgan fingerprint density at radius 2 is 1.53 bits per heavy atom. The SMILES string of the molecule is O=C(c1ccoc1)N1CCN(c2ccc([N+](=O)[O-])c(NC(c3ccccc3)c3ccccc3)c2)CC1. The summed E-state index contributed by atoms with van der Waals surface area (Å²) < 4.78 is 5.04. The van der Waals surface area contributed by atoms with Crippen LogP contribution in [0.1, 0.15) is 27.5 Å². The van der Waals surface area contributed by atoms with Crippen LogP contribution < -0.4 is 10.2 Å². The molecule has 5 rings (SSSR count). The third kappa shape index (κ3) is 4.93. The molecule has 4 aromatic rings. The van der Waals surface area contributed by atoms with Gasteiger partial charge in [0.05, 0.1) is 22.8 Å². The van der Waals surface area contributed by atoms with Gasteiger partial charge in [-0.25, -0.2) is 0 Å². The van der Waals surface area contributed by atoms with Crippen LogP contribution in [0.4, 0.5) is 17.1 Å². The van der Waals surface area contributed by atoms with E-state index >= 15 is 0 Å². The van der Waals surface area contributed by atoms with Gasteiger partial charge >= 0.3 is 0 Å². The fraction of sp³-hybridized carbons (Fsp3) is 0.179. The van der Waals surface area contributed by atoms with Gasteiger partial charge in [0, 0.05) is 37.9 Å². The van der Waals surface area contributed by atoms with Gasteiger partial charge in [0.1, 0.15) is 12.0 Å². The van der Waals surface area contributed by atoms with E-state index < -0.39 is 0 Å². The fourth-order valence-corrected chi connectivity index (χ4v) is 4.54. The van der Waals surface area contributed by atoms with Gasteiger partial charge in [-0.1, -0.05) is 60.7 Å². The number of nitrogens with zero attached hydrogens (tertiary/aromatic N) is 3. The van der Waals surface area contributed by atoms with Gasteiger partial charge in [0.15, 0.2) is 0 Å². The summed E-state index contributed by atoms with van der Waals surface area (Å²) in [5.41, 5.74) is 3.90. The summed E-state index contributed by atoms with van der Waals surface area (Å²) in [5.74, 6) is -0.0528. The number of nitrogens with one attached hydrogen (secondary N) is 1. The van der Waals surface area contributed by atoms with Crippen molar-refractivity contribution in [3.05, 3.63) is 124 Å². The zero-order valence-electron chi connectivity index (χ0n) is 19.6. The molecule has 0 atom stereocenters. The molecule has 1 amide bonds. The minimum Gasteiger partial charge on any atom is -0.472 e. The number of anilines is 2. The van der Waals surface area contributed by atoms with Crippen molar-refractivity contribution in [3.63, 3.8) is 0 Å². The minimum absolute atomic E-state index is 0.0179. The van der Waals surface area contributed by atoms with E-state index in [2.05, 4.69) is 10.2 Å². The van der Waals surface area contributed by atoms with Gasteiger partial charge in [-0.05, 0) is 29.3 Å². The number of nitro groups is 1. The highest BCUT2D eigenvalue weighted by atomic mass is 16.6. The summed E-state index contributed by atoms with van der Waals surface area (Å²) in [5, 5.41) is 15.3. The molecule has 2 heterocycles. The molecule has 36 heavy (non-hydrogen) atoms. The Hall–Kier alpha value is -4.59. The molecule has 1 aliphatic heterocycles. The van der Waals surface area contributed by atoms with Gasteiger partial charge in [-0.15, -0.1) is 0 Å². The summed E-state index contributed by atoms with van der Waals surface area (Å²) in [4.78, 5) is 28.1. The average Bonchev–Trinajstić information content (AvgIpc) is 3.47. The second-order valence-corrected chi connectivity index (χ2v) is 8.65. The number of carbonyl (C=O) groups is 1. The first-order valence-electron chi connectivity index (χ1n) is 11.8. The Labute approximate surface area is 208 Å². The number of piperazine rings is 1. The molecule has 8 heteroatoms. The van der Waals surface area contributed by atoms with Crippen molar-refractivity contribution < 1.29 is 14.1 Å². The molecule has 0 aliphatic carbocycles. The Morgan fingerprint density at radius 1 is 0.889 bits per heavy atom. The van der Waals surface area contributed by atoms with Crippen LogP contribution in [0.3, 0.4) is 0 Å². The molecular formula is C28H26N4O4. The molecular weight excluding hydrogens is 456 g/mol. The summed E-state index contributed by atoms with van der Waals surface area (Å²) in [6, 6.07) is 26.4. The van der Waals surface area contributed by atoms with Crippen LogP contribution in [0.2, 0.25) is 0 Å². The number of furan rings is 1.